The van der Waals surface area contributed by atoms with Crippen molar-refractivity contribution in [2.45, 2.75) is 31.7 Å². The number of carbonyl (C=O) groups excluding carboxylic acids is 1. The van der Waals surface area contributed by atoms with Gasteiger partial charge in [-0.15, -0.1) is 4.40 Å². The summed E-state index contributed by atoms with van der Waals surface area (Å²) < 4.78 is 29.8. The van der Waals surface area contributed by atoms with Crippen molar-refractivity contribution in [2.24, 2.45) is 10.3 Å². The second-order valence-corrected chi connectivity index (χ2v) is 11.9. The summed E-state index contributed by atoms with van der Waals surface area (Å²) in [5.41, 5.74) is 3.41. The minimum absolute atomic E-state index is 0.0986. The number of nitrogens with zero attached hydrogens (tertiary/aromatic N) is 4. The van der Waals surface area contributed by atoms with Crippen LogP contribution in [0.2, 0.25) is 0 Å². The minimum atomic E-state index is -3.86. The van der Waals surface area contributed by atoms with Gasteiger partial charge in [-0.3, -0.25) is 9.69 Å². The first kappa shape index (κ1) is 26.1. The predicted octanol–water partition coefficient (Wildman–Crippen LogP) is 4.82. The summed E-state index contributed by atoms with van der Waals surface area (Å²) in [6.07, 6.45) is 0. The second-order valence-electron chi connectivity index (χ2n) is 10.4. The molecule has 1 fully saturated rings. The van der Waals surface area contributed by atoms with E-state index in [1.165, 1.54) is 17.2 Å². The van der Waals surface area contributed by atoms with Gasteiger partial charge in [0.25, 0.3) is 15.9 Å². The van der Waals surface area contributed by atoms with Crippen LogP contribution in [0, 0.1) is 5.92 Å². The lowest BCUT2D eigenvalue weighted by molar-refractivity contribution is 0.0597. The number of hydrogen-bond acceptors (Lipinski definition) is 5. The molecule has 7 nitrogen and oxygen atoms in total. The number of benzene rings is 3. The van der Waals surface area contributed by atoms with Gasteiger partial charge in [0.2, 0.25) is 0 Å². The van der Waals surface area contributed by atoms with E-state index in [1.54, 1.807) is 19.1 Å². The van der Waals surface area contributed by atoms with Crippen molar-refractivity contribution >= 4 is 27.5 Å². The number of amidine groups is 1. The summed E-state index contributed by atoms with van der Waals surface area (Å²) in [5, 5.41) is 0. The van der Waals surface area contributed by atoms with Gasteiger partial charge in [-0.2, -0.15) is 8.42 Å². The van der Waals surface area contributed by atoms with Crippen LogP contribution in [-0.2, 0) is 10.0 Å². The lowest BCUT2D eigenvalue weighted by Crippen LogP contribution is -2.49. The number of amides is 1. The number of hydrogen-bond donors (Lipinski definition) is 0. The molecule has 2 heterocycles. The van der Waals surface area contributed by atoms with Crippen LogP contribution < -0.4 is 4.90 Å². The summed E-state index contributed by atoms with van der Waals surface area (Å²) >= 11 is 0. The summed E-state index contributed by atoms with van der Waals surface area (Å²) in [7, 11) is -3.86. The van der Waals surface area contributed by atoms with Crippen LogP contribution in [0.1, 0.15) is 48.3 Å². The minimum Gasteiger partial charge on any atom is -0.336 e. The van der Waals surface area contributed by atoms with Crippen LogP contribution in [-0.4, -0.2) is 62.7 Å². The molecule has 0 aromatic heterocycles. The monoisotopic (exact) mass is 530 g/mol. The zero-order valence-electron chi connectivity index (χ0n) is 22.1. The molecule has 0 unspecified atom stereocenters. The molecule has 0 aliphatic carbocycles. The highest BCUT2D eigenvalue weighted by atomic mass is 32.2. The SMILES string of the molecule is CC1=NS(=O)(=O)c2cc(C(=O)N3CCN(C(c4ccccc4)c4ccccc4)CC3)ccc2N1CC(C)C. The molecular formula is C30H34N4O3S. The van der Waals surface area contributed by atoms with Crippen LogP contribution in [0.5, 0.6) is 0 Å². The van der Waals surface area contributed by atoms with Gasteiger partial charge in [-0.05, 0) is 42.2 Å². The van der Waals surface area contributed by atoms with E-state index in [9.17, 15) is 13.2 Å². The smallest absolute Gasteiger partial charge is 0.286 e. The quantitative estimate of drug-likeness (QED) is 0.457. The van der Waals surface area contributed by atoms with Crippen LogP contribution in [0.15, 0.2) is 88.2 Å². The second kappa shape index (κ2) is 10.7. The summed E-state index contributed by atoms with van der Waals surface area (Å²) in [6, 6.07) is 26.0. The van der Waals surface area contributed by atoms with Gasteiger partial charge in [0.05, 0.1) is 11.7 Å². The molecule has 198 valence electrons. The number of anilines is 1. The molecule has 0 radical (unpaired) electrons. The Morgan fingerprint density at radius 2 is 1.45 bits per heavy atom. The standard InChI is InChI=1S/C30H34N4O3S/c1-22(2)21-34-23(3)31-38(36,37)28-20-26(14-15-27(28)34)30(35)33-18-16-32(17-19-33)29(24-10-6-4-7-11-24)25-12-8-5-9-13-25/h4-15,20,22,29H,16-19,21H2,1-3H3. The third-order valence-corrected chi connectivity index (χ3v) is 8.55. The normalized spacial score (nSPS) is 17.4. The molecule has 0 saturated carbocycles. The highest BCUT2D eigenvalue weighted by Crippen LogP contribution is 2.34. The largest absolute Gasteiger partial charge is 0.336 e. The van der Waals surface area contributed by atoms with Gasteiger partial charge in [0.1, 0.15) is 10.7 Å². The Morgan fingerprint density at radius 1 is 0.868 bits per heavy atom. The molecule has 0 N–H and O–H groups in total. The highest BCUT2D eigenvalue weighted by Gasteiger charge is 2.32. The summed E-state index contributed by atoms with van der Waals surface area (Å²) in [6.45, 7) is 9.08. The maximum Gasteiger partial charge on any atom is 0.286 e. The van der Waals surface area contributed by atoms with Gasteiger partial charge in [-0.1, -0.05) is 74.5 Å². The number of rotatable bonds is 6. The van der Waals surface area contributed by atoms with Crippen LogP contribution in [0.25, 0.3) is 0 Å². The zero-order chi connectivity index (χ0) is 26.9. The van der Waals surface area contributed by atoms with E-state index >= 15 is 0 Å². The summed E-state index contributed by atoms with van der Waals surface area (Å²) in [4.78, 5) is 19.7. The van der Waals surface area contributed by atoms with Gasteiger partial charge in [0, 0.05) is 38.3 Å². The lowest BCUT2D eigenvalue weighted by Gasteiger charge is -2.40. The fourth-order valence-corrected chi connectivity index (χ4v) is 6.63. The molecule has 8 heteroatoms. The predicted molar refractivity (Wildman–Crippen MR) is 151 cm³/mol. The van der Waals surface area contributed by atoms with Crippen molar-refractivity contribution in [3.8, 4) is 0 Å². The Morgan fingerprint density at radius 3 is 2.00 bits per heavy atom. The van der Waals surface area contributed by atoms with Crippen molar-refractivity contribution in [3.63, 3.8) is 0 Å². The first-order valence-electron chi connectivity index (χ1n) is 13.1. The van der Waals surface area contributed by atoms with Crippen LogP contribution in [0.4, 0.5) is 5.69 Å². The van der Waals surface area contributed by atoms with E-state index in [4.69, 9.17) is 0 Å². The molecule has 2 aliphatic rings. The Bertz CT molecular complexity index is 1390. The van der Waals surface area contributed by atoms with E-state index in [0.717, 1.165) is 13.1 Å². The van der Waals surface area contributed by atoms with Gasteiger partial charge in [0.15, 0.2) is 0 Å². The summed E-state index contributed by atoms with van der Waals surface area (Å²) in [5.74, 6) is 0.620. The van der Waals surface area contributed by atoms with E-state index in [0.29, 0.717) is 42.6 Å². The third-order valence-electron chi connectivity index (χ3n) is 7.16. The topological polar surface area (TPSA) is 73.3 Å². The Labute approximate surface area is 225 Å². The molecule has 0 spiro atoms. The molecule has 1 saturated heterocycles. The van der Waals surface area contributed by atoms with Crippen LogP contribution in [0.3, 0.4) is 0 Å². The van der Waals surface area contributed by atoms with Gasteiger partial charge in [-0.25, -0.2) is 0 Å². The molecule has 2 aliphatic heterocycles. The van der Waals surface area contributed by atoms with Crippen molar-refractivity contribution in [3.05, 3.63) is 95.6 Å². The molecular weight excluding hydrogens is 496 g/mol. The molecule has 3 aromatic carbocycles. The maximum atomic E-state index is 13.5. The van der Waals surface area contributed by atoms with Crippen molar-refractivity contribution in [1.29, 1.82) is 0 Å². The Hall–Kier alpha value is -3.49. The molecule has 0 bridgehead atoms. The first-order valence-corrected chi connectivity index (χ1v) is 14.5. The Kier molecular flexibility index (Phi) is 7.36. The molecule has 0 atom stereocenters. The molecule has 5 rings (SSSR count). The van der Waals surface area contributed by atoms with Gasteiger partial charge >= 0.3 is 0 Å². The number of piperazine rings is 1. The number of carbonyl (C=O) groups is 1. The van der Waals surface area contributed by atoms with Gasteiger partial charge < -0.3 is 9.80 Å². The average Bonchev–Trinajstić information content (AvgIpc) is 2.92. The third kappa shape index (κ3) is 5.24. The average molecular weight is 531 g/mol. The fourth-order valence-electron chi connectivity index (χ4n) is 5.37. The fraction of sp³-hybridized carbons (Fsp3) is 0.333. The van der Waals surface area contributed by atoms with E-state index in [1.807, 2.05) is 21.9 Å². The molecule has 38 heavy (non-hydrogen) atoms. The molecule has 1 amide bonds. The highest BCUT2D eigenvalue weighted by molar-refractivity contribution is 7.90. The zero-order valence-corrected chi connectivity index (χ0v) is 22.9. The first-order chi connectivity index (χ1) is 18.2. The van der Waals surface area contributed by atoms with Crippen molar-refractivity contribution < 1.29 is 13.2 Å². The van der Waals surface area contributed by atoms with E-state index in [-0.39, 0.29) is 16.8 Å². The van der Waals surface area contributed by atoms with Crippen LogP contribution >= 0.6 is 0 Å². The van der Waals surface area contributed by atoms with E-state index in [2.05, 4.69) is 71.7 Å². The van der Waals surface area contributed by atoms with Crippen molar-refractivity contribution in [1.82, 2.24) is 9.80 Å². The maximum absolute atomic E-state index is 13.5. The Balaban J connectivity index is 1.35. The molecule has 3 aromatic rings. The van der Waals surface area contributed by atoms with E-state index < -0.39 is 10.0 Å². The van der Waals surface area contributed by atoms with Crippen molar-refractivity contribution in [2.75, 3.05) is 37.6 Å². The number of fused-ring (bicyclic) bond motifs is 1. The number of sulfonamides is 1. The lowest BCUT2D eigenvalue weighted by atomic mass is 9.96.